The van der Waals surface area contributed by atoms with Crippen molar-refractivity contribution in [2.24, 2.45) is 0 Å². The van der Waals surface area contributed by atoms with E-state index >= 15 is 0 Å². The summed E-state index contributed by atoms with van der Waals surface area (Å²) in [6.07, 6.45) is 0. The minimum atomic E-state index is -0.234. The van der Waals surface area contributed by atoms with Crippen molar-refractivity contribution in [1.29, 1.82) is 0 Å². The van der Waals surface area contributed by atoms with Crippen LogP contribution in [-0.4, -0.2) is 18.4 Å². The highest BCUT2D eigenvalue weighted by molar-refractivity contribution is 14.1. The van der Waals surface area contributed by atoms with Crippen LogP contribution in [0.3, 0.4) is 0 Å². The molecule has 2 amide bonds. The van der Waals surface area contributed by atoms with Gasteiger partial charge >= 0.3 is 0 Å². The van der Waals surface area contributed by atoms with Gasteiger partial charge in [0, 0.05) is 14.9 Å². The Kier molecular flexibility index (Phi) is 6.43. The minimum Gasteiger partial charge on any atom is -0.376 e. The molecule has 0 bridgehead atoms. The van der Waals surface area contributed by atoms with E-state index in [1.807, 2.05) is 60.7 Å². The summed E-state index contributed by atoms with van der Waals surface area (Å²) in [6.45, 7) is 0.0562. The number of benzene rings is 3. The maximum atomic E-state index is 12.6. The number of rotatable bonds is 6. The van der Waals surface area contributed by atoms with Crippen molar-refractivity contribution in [2.75, 3.05) is 22.5 Å². The fourth-order valence-electron chi connectivity index (χ4n) is 2.49. The first-order valence-corrected chi connectivity index (χ1v) is 9.45. The van der Waals surface area contributed by atoms with Crippen molar-refractivity contribution >= 4 is 51.5 Å². The zero-order valence-corrected chi connectivity index (χ0v) is 16.6. The van der Waals surface area contributed by atoms with E-state index in [2.05, 4.69) is 38.5 Å². The maximum Gasteiger partial charge on any atom is 0.257 e. The van der Waals surface area contributed by atoms with Crippen molar-refractivity contribution in [2.45, 2.75) is 0 Å². The summed E-state index contributed by atoms with van der Waals surface area (Å²) in [4.78, 5) is 24.8. The van der Waals surface area contributed by atoms with Gasteiger partial charge in [-0.25, -0.2) is 0 Å². The summed E-state index contributed by atoms with van der Waals surface area (Å²) in [5.41, 5.74) is 2.56. The number of amides is 2. The first-order chi connectivity index (χ1) is 13.1. The van der Waals surface area contributed by atoms with Crippen molar-refractivity contribution in [3.05, 3.63) is 88.0 Å². The van der Waals surface area contributed by atoms with Crippen LogP contribution in [0.4, 0.5) is 17.1 Å². The molecule has 0 saturated heterocycles. The molecule has 0 atom stereocenters. The maximum absolute atomic E-state index is 12.6. The molecule has 5 nitrogen and oxygen atoms in total. The van der Waals surface area contributed by atoms with Crippen LogP contribution >= 0.6 is 22.6 Å². The fourth-order valence-corrected chi connectivity index (χ4v) is 3.01. The molecule has 0 unspecified atom stereocenters. The van der Waals surface area contributed by atoms with Gasteiger partial charge in [0.15, 0.2) is 0 Å². The van der Waals surface area contributed by atoms with Crippen LogP contribution in [0.1, 0.15) is 10.4 Å². The van der Waals surface area contributed by atoms with Crippen LogP contribution in [0.25, 0.3) is 0 Å². The molecule has 0 radical (unpaired) electrons. The molecular formula is C21H18IN3O2. The van der Waals surface area contributed by atoms with Crippen molar-refractivity contribution in [3.63, 3.8) is 0 Å². The lowest BCUT2D eigenvalue weighted by Crippen LogP contribution is -2.23. The third kappa shape index (κ3) is 5.30. The second-order valence-electron chi connectivity index (χ2n) is 5.75. The molecule has 3 aromatic rings. The number of nitrogens with one attached hydrogen (secondary N) is 3. The summed E-state index contributed by atoms with van der Waals surface area (Å²) in [6, 6.07) is 23.9. The summed E-state index contributed by atoms with van der Waals surface area (Å²) < 4.78 is 0.964. The Bertz CT molecular complexity index is 945. The number of hydrogen-bond acceptors (Lipinski definition) is 3. The predicted molar refractivity (Wildman–Crippen MR) is 117 cm³/mol. The molecule has 0 aromatic heterocycles. The second kappa shape index (κ2) is 9.18. The van der Waals surface area contributed by atoms with Crippen molar-refractivity contribution in [1.82, 2.24) is 0 Å². The Morgan fingerprint density at radius 2 is 1.37 bits per heavy atom. The topological polar surface area (TPSA) is 70.2 Å². The van der Waals surface area contributed by atoms with E-state index in [0.717, 1.165) is 9.26 Å². The Morgan fingerprint density at radius 1 is 0.741 bits per heavy atom. The van der Waals surface area contributed by atoms with Gasteiger partial charge in [-0.05, 0) is 59.0 Å². The zero-order valence-electron chi connectivity index (χ0n) is 14.4. The molecule has 0 aliphatic carbocycles. The average Bonchev–Trinajstić information content (AvgIpc) is 2.69. The van der Waals surface area contributed by atoms with Gasteiger partial charge in [0.05, 0.1) is 17.8 Å². The third-order valence-corrected chi connectivity index (χ3v) is 4.73. The lowest BCUT2D eigenvalue weighted by Gasteiger charge is -2.13. The van der Waals surface area contributed by atoms with Crippen LogP contribution in [0.5, 0.6) is 0 Å². The smallest absolute Gasteiger partial charge is 0.257 e. The van der Waals surface area contributed by atoms with Gasteiger partial charge in [-0.15, -0.1) is 0 Å². The standard InChI is InChI=1S/C21H18IN3O2/c22-17-11-5-7-13-19(17)25-20(26)14-23-18-12-6-4-10-16(18)21(27)24-15-8-2-1-3-9-15/h1-13,23H,14H2,(H,24,27)(H,25,26). The van der Waals surface area contributed by atoms with Gasteiger partial charge in [0.25, 0.3) is 5.91 Å². The number of para-hydroxylation sites is 3. The highest BCUT2D eigenvalue weighted by Gasteiger charge is 2.12. The van der Waals surface area contributed by atoms with Crippen LogP contribution in [0.15, 0.2) is 78.9 Å². The van der Waals surface area contributed by atoms with E-state index in [1.165, 1.54) is 0 Å². The Labute approximate surface area is 171 Å². The molecule has 0 aliphatic heterocycles. The summed E-state index contributed by atoms with van der Waals surface area (Å²) >= 11 is 2.17. The lowest BCUT2D eigenvalue weighted by molar-refractivity contribution is -0.114. The molecule has 0 heterocycles. The molecule has 0 spiro atoms. The lowest BCUT2D eigenvalue weighted by atomic mass is 10.1. The number of anilines is 3. The number of carbonyl (C=O) groups is 2. The van der Waals surface area contributed by atoms with E-state index in [1.54, 1.807) is 18.2 Å². The second-order valence-corrected chi connectivity index (χ2v) is 6.91. The van der Waals surface area contributed by atoms with Gasteiger partial charge in [-0.2, -0.15) is 0 Å². The van der Waals surface area contributed by atoms with E-state index in [9.17, 15) is 9.59 Å². The van der Waals surface area contributed by atoms with E-state index in [-0.39, 0.29) is 18.4 Å². The third-order valence-electron chi connectivity index (χ3n) is 3.79. The van der Waals surface area contributed by atoms with Gasteiger partial charge in [0.2, 0.25) is 5.91 Å². The normalized spacial score (nSPS) is 10.1. The first-order valence-electron chi connectivity index (χ1n) is 8.37. The fraction of sp³-hybridized carbons (Fsp3) is 0.0476. The average molecular weight is 471 g/mol. The van der Waals surface area contributed by atoms with Gasteiger partial charge in [-0.3, -0.25) is 9.59 Å². The molecule has 3 N–H and O–H groups in total. The molecule has 6 heteroatoms. The summed E-state index contributed by atoms with van der Waals surface area (Å²) in [5, 5.41) is 8.76. The first kappa shape index (κ1) is 18.9. The van der Waals surface area contributed by atoms with Gasteiger partial charge < -0.3 is 16.0 Å². The van der Waals surface area contributed by atoms with Crippen molar-refractivity contribution < 1.29 is 9.59 Å². The van der Waals surface area contributed by atoms with Gasteiger partial charge in [0.1, 0.15) is 0 Å². The van der Waals surface area contributed by atoms with Gasteiger partial charge in [-0.1, -0.05) is 42.5 Å². The van der Waals surface area contributed by atoms with E-state index in [4.69, 9.17) is 0 Å². The Hall–Kier alpha value is -2.87. The summed E-state index contributed by atoms with van der Waals surface area (Å²) in [7, 11) is 0. The molecule has 0 fully saturated rings. The molecule has 3 rings (SSSR count). The molecule has 136 valence electrons. The Morgan fingerprint density at radius 3 is 2.11 bits per heavy atom. The SMILES string of the molecule is O=C(CNc1ccccc1C(=O)Nc1ccccc1)Nc1ccccc1I. The quantitative estimate of drug-likeness (QED) is 0.461. The minimum absolute atomic E-state index is 0.0562. The van der Waals surface area contributed by atoms with Crippen LogP contribution in [0.2, 0.25) is 0 Å². The van der Waals surface area contributed by atoms with Crippen LogP contribution in [0, 0.1) is 3.57 Å². The highest BCUT2D eigenvalue weighted by atomic mass is 127. The molecule has 0 saturated carbocycles. The molecule has 0 aliphatic rings. The van der Waals surface area contributed by atoms with E-state index < -0.39 is 0 Å². The largest absolute Gasteiger partial charge is 0.376 e. The van der Waals surface area contributed by atoms with Crippen LogP contribution in [-0.2, 0) is 4.79 Å². The molecular weight excluding hydrogens is 453 g/mol. The Balaban J connectivity index is 1.64. The molecule has 27 heavy (non-hydrogen) atoms. The number of carbonyl (C=O) groups excluding carboxylic acids is 2. The zero-order chi connectivity index (χ0) is 19.1. The van der Waals surface area contributed by atoms with Crippen molar-refractivity contribution in [3.8, 4) is 0 Å². The summed E-state index contributed by atoms with van der Waals surface area (Å²) in [5.74, 6) is -0.417. The number of hydrogen-bond donors (Lipinski definition) is 3. The predicted octanol–water partition coefficient (Wildman–Crippen LogP) is 4.59. The van der Waals surface area contributed by atoms with Crippen LogP contribution < -0.4 is 16.0 Å². The number of halogens is 1. The monoisotopic (exact) mass is 471 g/mol. The van der Waals surface area contributed by atoms with E-state index in [0.29, 0.717) is 16.9 Å². The highest BCUT2D eigenvalue weighted by Crippen LogP contribution is 2.19. The molecule has 3 aromatic carbocycles.